The van der Waals surface area contributed by atoms with E-state index in [1.807, 2.05) is 36.7 Å². The van der Waals surface area contributed by atoms with Crippen molar-refractivity contribution in [3.05, 3.63) is 66.5 Å². The Bertz CT molecular complexity index is 986. The standard InChI is InChI=1S/C23H23N3O2/c27-23(28)19-8-6-18(7-9-19)22-21(17-4-2-1-3-5-17)24-15-26(22)20-14-25-12-10-16(20)11-13-25/h1-9,15-16,20H,10-14H2,(H,27,28)/t20-/m1/s1. The van der Waals surface area contributed by atoms with Crippen molar-refractivity contribution in [1.29, 1.82) is 0 Å². The molecule has 0 amide bonds. The van der Waals surface area contributed by atoms with Crippen molar-refractivity contribution in [2.75, 3.05) is 19.6 Å². The van der Waals surface area contributed by atoms with Crippen LogP contribution >= 0.6 is 0 Å². The summed E-state index contributed by atoms with van der Waals surface area (Å²) in [6, 6.07) is 17.8. The Morgan fingerprint density at radius 1 is 0.964 bits per heavy atom. The predicted molar refractivity (Wildman–Crippen MR) is 108 cm³/mol. The molecule has 2 bridgehead atoms. The zero-order valence-electron chi connectivity index (χ0n) is 15.7. The third kappa shape index (κ3) is 2.92. The van der Waals surface area contributed by atoms with E-state index < -0.39 is 5.97 Å². The summed E-state index contributed by atoms with van der Waals surface area (Å²) in [4.78, 5) is 18.6. The molecular formula is C23H23N3O2. The van der Waals surface area contributed by atoms with Gasteiger partial charge in [0, 0.05) is 17.7 Å². The Morgan fingerprint density at radius 2 is 1.68 bits per heavy atom. The minimum absolute atomic E-state index is 0.305. The van der Waals surface area contributed by atoms with Crippen molar-refractivity contribution in [3.63, 3.8) is 0 Å². The van der Waals surface area contributed by atoms with Gasteiger partial charge in [-0.2, -0.15) is 0 Å². The van der Waals surface area contributed by atoms with Gasteiger partial charge in [-0.3, -0.25) is 0 Å². The molecule has 0 saturated carbocycles. The van der Waals surface area contributed by atoms with Gasteiger partial charge in [-0.25, -0.2) is 9.78 Å². The van der Waals surface area contributed by atoms with Gasteiger partial charge in [0.1, 0.15) is 0 Å². The molecule has 2 aromatic carbocycles. The molecular weight excluding hydrogens is 350 g/mol. The summed E-state index contributed by atoms with van der Waals surface area (Å²) in [6.07, 6.45) is 4.46. The molecule has 28 heavy (non-hydrogen) atoms. The second-order valence-corrected chi connectivity index (χ2v) is 7.80. The highest BCUT2D eigenvalue weighted by atomic mass is 16.4. The van der Waals surface area contributed by atoms with Crippen molar-refractivity contribution < 1.29 is 9.90 Å². The zero-order valence-corrected chi connectivity index (χ0v) is 15.7. The molecule has 3 aliphatic heterocycles. The first kappa shape index (κ1) is 17.2. The lowest BCUT2D eigenvalue weighted by Crippen LogP contribution is -2.48. The first-order chi connectivity index (χ1) is 13.7. The molecule has 0 radical (unpaired) electrons. The molecule has 5 nitrogen and oxygen atoms in total. The Hall–Kier alpha value is -2.92. The molecule has 0 spiro atoms. The minimum atomic E-state index is -0.902. The lowest BCUT2D eigenvalue weighted by molar-refractivity contribution is 0.0577. The average molecular weight is 373 g/mol. The molecule has 4 heterocycles. The van der Waals surface area contributed by atoms with E-state index >= 15 is 0 Å². The van der Waals surface area contributed by atoms with Gasteiger partial charge in [-0.15, -0.1) is 0 Å². The Labute approximate surface area is 164 Å². The van der Waals surface area contributed by atoms with Crippen LogP contribution in [0.4, 0.5) is 0 Å². The fraction of sp³-hybridized carbons (Fsp3) is 0.304. The molecule has 3 aliphatic rings. The number of carboxylic acids is 1. The number of nitrogens with zero attached hydrogens (tertiary/aromatic N) is 3. The van der Waals surface area contributed by atoms with Gasteiger partial charge in [0.15, 0.2) is 0 Å². The number of fused-ring (bicyclic) bond motifs is 3. The van der Waals surface area contributed by atoms with Crippen LogP contribution in [0.3, 0.4) is 0 Å². The van der Waals surface area contributed by atoms with Crippen LogP contribution in [0.15, 0.2) is 60.9 Å². The SMILES string of the molecule is O=C(O)c1ccc(-c2c(-c3ccccc3)ncn2[C@@H]2CN3CCC2CC3)cc1. The van der Waals surface area contributed by atoms with Crippen LogP contribution in [-0.2, 0) is 0 Å². The number of piperidine rings is 3. The van der Waals surface area contributed by atoms with Crippen molar-refractivity contribution in [2.24, 2.45) is 5.92 Å². The molecule has 6 rings (SSSR count). The van der Waals surface area contributed by atoms with Crippen LogP contribution in [0.2, 0.25) is 0 Å². The summed E-state index contributed by atoms with van der Waals surface area (Å²) in [7, 11) is 0. The van der Waals surface area contributed by atoms with E-state index in [1.54, 1.807) is 12.1 Å². The molecule has 1 aromatic heterocycles. The number of imidazole rings is 1. The van der Waals surface area contributed by atoms with E-state index in [-0.39, 0.29) is 0 Å². The summed E-state index contributed by atoms with van der Waals surface area (Å²) >= 11 is 0. The number of aromatic nitrogens is 2. The average Bonchev–Trinajstić information content (AvgIpc) is 3.20. The fourth-order valence-electron chi connectivity index (χ4n) is 4.73. The highest BCUT2D eigenvalue weighted by molar-refractivity contribution is 5.89. The Kier molecular flexibility index (Phi) is 4.24. The summed E-state index contributed by atoms with van der Waals surface area (Å²) in [5, 5.41) is 9.25. The summed E-state index contributed by atoms with van der Waals surface area (Å²) in [6.45, 7) is 3.46. The maximum atomic E-state index is 11.3. The fourth-order valence-corrected chi connectivity index (χ4v) is 4.73. The van der Waals surface area contributed by atoms with E-state index in [2.05, 4.69) is 21.6 Å². The summed E-state index contributed by atoms with van der Waals surface area (Å²) in [5.41, 5.74) is 4.44. The van der Waals surface area contributed by atoms with Crippen molar-refractivity contribution in [1.82, 2.24) is 14.5 Å². The van der Waals surface area contributed by atoms with Gasteiger partial charge >= 0.3 is 5.97 Å². The van der Waals surface area contributed by atoms with E-state index in [0.29, 0.717) is 17.5 Å². The Morgan fingerprint density at radius 3 is 2.29 bits per heavy atom. The topological polar surface area (TPSA) is 58.4 Å². The van der Waals surface area contributed by atoms with Crippen molar-refractivity contribution in [3.8, 4) is 22.5 Å². The molecule has 3 fully saturated rings. The molecule has 3 saturated heterocycles. The number of carbonyl (C=O) groups is 1. The monoisotopic (exact) mass is 373 g/mol. The van der Waals surface area contributed by atoms with E-state index in [9.17, 15) is 9.90 Å². The van der Waals surface area contributed by atoms with Crippen LogP contribution in [0.1, 0.15) is 29.2 Å². The third-order valence-electron chi connectivity index (χ3n) is 6.23. The van der Waals surface area contributed by atoms with E-state index in [4.69, 9.17) is 4.98 Å². The number of hydrogen-bond acceptors (Lipinski definition) is 3. The Balaban J connectivity index is 1.64. The quantitative estimate of drug-likeness (QED) is 0.745. The summed E-state index contributed by atoms with van der Waals surface area (Å²) < 4.78 is 2.34. The number of rotatable bonds is 4. The van der Waals surface area contributed by atoms with Crippen molar-refractivity contribution in [2.45, 2.75) is 18.9 Å². The summed E-state index contributed by atoms with van der Waals surface area (Å²) in [5.74, 6) is -0.222. The largest absolute Gasteiger partial charge is 0.478 e. The van der Waals surface area contributed by atoms with E-state index in [0.717, 1.165) is 29.1 Å². The van der Waals surface area contributed by atoms with Crippen LogP contribution in [-0.4, -0.2) is 45.2 Å². The number of benzene rings is 2. The minimum Gasteiger partial charge on any atom is -0.478 e. The highest BCUT2D eigenvalue weighted by Crippen LogP contribution is 2.40. The molecule has 3 aromatic rings. The van der Waals surface area contributed by atoms with Gasteiger partial charge in [0.05, 0.1) is 29.3 Å². The first-order valence-corrected chi connectivity index (χ1v) is 9.89. The maximum Gasteiger partial charge on any atom is 0.335 e. The molecule has 5 heteroatoms. The molecule has 1 atom stereocenters. The predicted octanol–water partition coefficient (Wildman–Crippen LogP) is 4.18. The normalized spacial score (nSPS) is 23.6. The second-order valence-electron chi connectivity index (χ2n) is 7.80. The van der Waals surface area contributed by atoms with Gasteiger partial charge in [0.2, 0.25) is 0 Å². The lowest BCUT2D eigenvalue weighted by atomic mass is 9.83. The third-order valence-corrected chi connectivity index (χ3v) is 6.23. The van der Waals surface area contributed by atoms with Crippen LogP contribution in [0.25, 0.3) is 22.5 Å². The number of aromatic carboxylic acids is 1. The molecule has 0 unspecified atom stereocenters. The smallest absolute Gasteiger partial charge is 0.335 e. The lowest BCUT2D eigenvalue weighted by Gasteiger charge is -2.45. The molecule has 142 valence electrons. The van der Waals surface area contributed by atoms with Crippen molar-refractivity contribution >= 4 is 5.97 Å². The highest BCUT2D eigenvalue weighted by Gasteiger charge is 2.36. The van der Waals surface area contributed by atoms with Crippen LogP contribution in [0, 0.1) is 5.92 Å². The number of carboxylic acid groups (broad SMARTS) is 1. The van der Waals surface area contributed by atoms with Crippen LogP contribution < -0.4 is 0 Å². The van der Waals surface area contributed by atoms with Gasteiger partial charge in [0.25, 0.3) is 0 Å². The molecule has 0 aliphatic carbocycles. The zero-order chi connectivity index (χ0) is 19.1. The van der Waals surface area contributed by atoms with Crippen LogP contribution in [0.5, 0.6) is 0 Å². The first-order valence-electron chi connectivity index (χ1n) is 9.89. The van der Waals surface area contributed by atoms with E-state index in [1.165, 1.54) is 25.9 Å². The van der Waals surface area contributed by atoms with Gasteiger partial charge in [-0.1, -0.05) is 42.5 Å². The maximum absolute atomic E-state index is 11.3. The molecule has 1 N–H and O–H groups in total. The van der Waals surface area contributed by atoms with Gasteiger partial charge in [-0.05, 0) is 44.0 Å². The number of hydrogen-bond donors (Lipinski definition) is 1. The van der Waals surface area contributed by atoms with Gasteiger partial charge < -0.3 is 14.6 Å². The second kappa shape index (κ2) is 6.91.